The van der Waals surface area contributed by atoms with E-state index < -0.39 is 0 Å². The number of hydrogen-bond acceptors (Lipinski definition) is 1. The highest BCUT2D eigenvalue weighted by molar-refractivity contribution is 6.36. The molecular weight excluding hydrogens is 303 g/mol. The predicted molar refractivity (Wildman–Crippen MR) is 82.6 cm³/mol. The van der Waals surface area contributed by atoms with Crippen LogP contribution in [-0.2, 0) is 5.88 Å². The first-order chi connectivity index (χ1) is 8.99. The van der Waals surface area contributed by atoms with Crippen molar-refractivity contribution in [3.05, 3.63) is 27.7 Å². The lowest BCUT2D eigenvalue weighted by Gasteiger charge is -2.32. The molecule has 0 N–H and O–H groups in total. The molecule has 0 aromatic heterocycles. The average Bonchev–Trinajstić information content (AvgIpc) is 2.31. The SMILES string of the molecule is CC1CC(C)CC(Oc2c(Cl)cc(Cl)cc2CCl)C1. The van der Waals surface area contributed by atoms with Gasteiger partial charge in [0.05, 0.1) is 17.0 Å². The third-order valence-electron chi connectivity index (χ3n) is 3.65. The highest BCUT2D eigenvalue weighted by Gasteiger charge is 2.26. The zero-order valence-corrected chi connectivity index (χ0v) is 13.5. The van der Waals surface area contributed by atoms with Gasteiger partial charge < -0.3 is 4.74 Å². The van der Waals surface area contributed by atoms with Crippen LogP contribution in [-0.4, -0.2) is 6.10 Å². The topological polar surface area (TPSA) is 9.23 Å². The smallest absolute Gasteiger partial charge is 0.142 e. The van der Waals surface area contributed by atoms with E-state index in [-0.39, 0.29) is 6.10 Å². The van der Waals surface area contributed by atoms with E-state index in [1.54, 1.807) is 6.07 Å². The van der Waals surface area contributed by atoms with E-state index in [1.165, 1.54) is 6.42 Å². The van der Waals surface area contributed by atoms with Crippen molar-refractivity contribution in [3.63, 3.8) is 0 Å². The van der Waals surface area contributed by atoms with Crippen LogP contribution in [0.25, 0.3) is 0 Å². The van der Waals surface area contributed by atoms with Crippen molar-refractivity contribution in [1.82, 2.24) is 0 Å². The Hall–Kier alpha value is -0.110. The minimum Gasteiger partial charge on any atom is -0.489 e. The van der Waals surface area contributed by atoms with Crippen LogP contribution in [0.2, 0.25) is 10.0 Å². The Balaban J connectivity index is 2.18. The van der Waals surface area contributed by atoms with E-state index in [4.69, 9.17) is 39.5 Å². The highest BCUT2D eigenvalue weighted by atomic mass is 35.5. The summed E-state index contributed by atoms with van der Waals surface area (Å²) in [6, 6.07) is 3.54. The van der Waals surface area contributed by atoms with Gasteiger partial charge in [-0.3, -0.25) is 0 Å². The Morgan fingerprint density at radius 2 is 1.74 bits per heavy atom. The van der Waals surface area contributed by atoms with Crippen molar-refractivity contribution in [2.75, 3.05) is 0 Å². The highest BCUT2D eigenvalue weighted by Crippen LogP contribution is 2.37. The summed E-state index contributed by atoms with van der Waals surface area (Å²) in [7, 11) is 0. The zero-order valence-electron chi connectivity index (χ0n) is 11.3. The largest absolute Gasteiger partial charge is 0.489 e. The number of hydrogen-bond donors (Lipinski definition) is 0. The van der Waals surface area contributed by atoms with Crippen molar-refractivity contribution in [1.29, 1.82) is 0 Å². The molecule has 1 aromatic carbocycles. The Kier molecular flexibility index (Phi) is 5.28. The molecule has 1 saturated carbocycles. The summed E-state index contributed by atoms with van der Waals surface area (Å²) < 4.78 is 6.13. The van der Waals surface area contributed by atoms with Gasteiger partial charge in [0.1, 0.15) is 5.75 Å². The lowest BCUT2D eigenvalue weighted by Crippen LogP contribution is -2.28. The molecule has 0 saturated heterocycles. The first-order valence-corrected chi connectivity index (χ1v) is 7.99. The molecule has 2 atom stereocenters. The molecule has 1 aliphatic rings. The van der Waals surface area contributed by atoms with E-state index in [2.05, 4.69) is 13.8 Å². The summed E-state index contributed by atoms with van der Waals surface area (Å²) in [5.41, 5.74) is 0.866. The van der Waals surface area contributed by atoms with Gasteiger partial charge in [0, 0.05) is 10.6 Å². The van der Waals surface area contributed by atoms with Gasteiger partial charge in [0.25, 0.3) is 0 Å². The van der Waals surface area contributed by atoms with Gasteiger partial charge >= 0.3 is 0 Å². The molecule has 0 bridgehead atoms. The summed E-state index contributed by atoms with van der Waals surface area (Å²) >= 11 is 18.2. The van der Waals surface area contributed by atoms with Gasteiger partial charge in [-0.2, -0.15) is 0 Å². The first-order valence-electron chi connectivity index (χ1n) is 6.70. The van der Waals surface area contributed by atoms with Crippen LogP contribution in [0.1, 0.15) is 38.7 Å². The molecule has 1 aliphatic carbocycles. The summed E-state index contributed by atoms with van der Waals surface area (Å²) in [5, 5.41) is 1.15. The number of halogens is 3. The molecule has 2 unspecified atom stereocenters. The molecule has 0 heterocycles. The second-order valence-electron chi connectivity index (χ2n) is 5.67. The maximum Gasteiger partial charge on any atom is 0.142 e. The molecule has 1 aromatic rings. The fraction of sp³-hybridized carbons (Fsp3) is 0.600. The van der Waals surface area contributed by atoms with Crippen LogP contribution in [0.5, 0.6) is 5.75 Å². The standard InChI is InChI=1S/C15H19Cl3O/c1-9-3-10(2)5-13(4-9)19-15-11(8-16)6-12(17)7-14(15)18/h6-7,9-10,13H,3-5,8H2,1-2H3. The molecule has 0 aliphatic heterocycles. The predicted octanol–water partition coefficient (Wildman–Crippen LogP) is 5.94. The molecule has 4 heteroatoms. The second-order valence-corrected chi connectivity index (χ2v) is 6.78. The van der Waals surface area contributed by atoms with Gasteiger partial charge in [-0.05, 0) is 43.2 Å². The molecule has 1 nitrogen and oxygen atoms in total. The number of alkyl halides is 1. The van der Waals surface area contributed by atoms with Gasteiger partial charge in [0.15, 0.2) is 0 Å². The van der Waals surface area contributed by atoms with E-state index in [9.17, 15) is 0 Å². The van der Waals surface area contributed by atoms with Crippen molar-refractivity contribution in [2.24, 2.45) is 11.8 Å². The Bertz CT molecular complexity index is 437. The van der Waals surface area contributed by atoms with Gasteiger partial charge in [-0.25, -0.2) is 0 Å². The maximum absolute atomic E-state index is 6.24. The lowest BCUT2D eigenvalue weighted by atomic mass is 9.82. The average molecular weight is 322 g/mol. The van der Waals surface area contributed by atoms with Crippen LogP contribution >= 0.6 is 34.8 Å². The third-order valence-corrected chi connectivity index (χ3v) is 4.44. The third kappa shape index (κ3) is 3.93. The molecule has 0 amide bonds. The lowest BCUT2D eigenvalue weighted by molar-refractivity contribution is 0.100. The summed E-state index contributed by atoms with van der Waals surface area (Å²) in [6.07, 6.45) is 3.64. The number of benzene rings is 1. The quantitative estimate of drug-likeness (QED) is 0.626. The first kappa shape index (κ1) is 15.3. The number of ether oxygens (including phenoxy) is 1. The van der Waals surface area contributed by atoms with Crippen LogP contribution in [0.3, 0.4) is 0 Å². The normalized spacial score (nSPS) is 27.3. The summed E-state index contributed by atoms with van der Waals surface area (Å²) in [6.45, 7) is 4.55. The second kappa shape index (κ2) is 6.56. The fourth-order valence-corrected chi connectivity index (χ4v) is 3.76. The van der Waals surface area contributed by atoms with Crippen LogP contribution in [0.4, 0.5) is 0 Å². The maximum atomic E-state index is 6.24. The molecular formula is C15H19Cl3O. The zero-order chi connectivity index (χ0) is 14.0. The van der Waals surface area contributed by atoms with E-state index in [0.29, 0.717) is 33.5 Å². The minimum absolute atomic E-state index is 0.222. The van der Waals surface area contributed by atoms with Crippen molar-refractivity contribution >= 4 is 34.8 Å². The molecule has 2 rings (SSSR count). The Labute approximate surface area is 130 Å². The fourth-order valence-electron chi connectivity index (χ4n) is 2.98. The molecule has 106 valence electrons. The van der Waals surface area contributed by atoms with E-state index in [1.807, 2.05) is 6.07 Å². The van der Waals surface area contributed by atoms with Crippen molar-refractivity contribution in [2.45, 2.75) is 45.1 Å². The van der Waals surface area contributed by atoms with Crippen LogP contribution < -0.4 is 4.74 Å². The summed E-state index contributed by atoms with van der Waals surface area (Å²) in [4.78, 5) is 0. The Morgan fingerprint density at radius 3 is 2.32 bits per heavy atom. The van der Waals surface area contributed by atoms with Crippen molar-refractivity contribution in [3.8, 4) is 5.75 Å². The minimum atomic E-state index is 0.222. The van der Waals surface area contributed by atoms with Gasteiger partial charge in [-0.15, -0.1) is 11.6 Å². The van der Waals surface area contributed by atoms with Crippen LogP contribution in [0.15, 0.2) is 12.1 Å². The molecule has 1 fully saturated rings. The van der Waals surface area contributed by atoms with E-state index >= 15 is 0 Å². The van der Waals surface area contributed by atoms with Crippen LogP contribution in [0, 0.1) is 11.8 Å². The van der Waals surface area contributed by atoms with Crippen molar-refractivity contribution < 1.29 is 4.74 Å². The van der Waals surface area contributed by atoms with Gasteiger partial charge in [-0.1, -0.05) is 37.0 Å². The molecule has 0 radical (unpaired) electrons. The number of rotatable bonds is 3. The molecule has 19 heavy (non-hydrogen) atoms. The van der Waals surface area contributed by atoms with E-state index in [0.717, 1.165) is 18.4 Å². The summed E-state index contributed by atoms with van der Waals surface area (Å²) in [5.74, 6) is 2.44. The Morgan fingerprint density at radius 1 is 1.11 bits per heavy atom. The molecule has 0 spiro atoms. The monoisotopic (exact) mass is 320 g/mol. The van der Waals surface area contributed by atoms with Gasteiger partial charge in [0.2, 0.25) is 0 Å².